The first-order valence-electron chi connectivity index (χ1n) is 5.56. The van der Waals surface area contributed by atoms with Crippen molar-refractivity contribution in [3.63, 3.8) is 0 Å². The van der Waals surface area contributed by atoms with E-state index in [4.69, 9.17) is 4.74 Å². The summed E-state index contributed by atoms with van der Waals surface area (Å²) in [6.07, 6.45) is 4.97. The summed E-state index contributed by atoms with van der Waals surface area (Å²) in [5.74, 6) is 0.615. The van der Waals surface area contributed by atoms with Gasteiger partial charge in [-0.1, -0.05) is 18.2 Å². The molecule has 0 atom stereocenters. The van der Waals surface area contributed by atoms with E-state index in [2.05, 4.69) is 5.10 Å². The highest BCUT2D eigenvalue weighted by atomic mass is 16.5. The monoisotopic (exact) mass is 242 g/mol. The fraction of sp³-hybridized carbons (Fsp3) is 0.143. The number of aryl methyl sites for hydroxylation is 1. The van der Waals surface area contributed by atoms with Crippen LogP contribution in [0.15, 0.2) is 42.6 Å². The number of para-hydroxylation sites is 1. The second kappa shape index (κ2) is 5.31. The molecular weight excluding hydrogens is 228 g/mol. The van der Waals surface area contributed by atoms with E-state index in [0.717, 1.165) is 11.3 Å². The SMILES string of the molecule is COc1ccccc1/C=C/C(=O)c1ccn(C)n1. The lowest BCUT2D eigenvalue weighted by Gasteiger charge is -2.02. The van der Waals surface area contributed by atoms with Gasteiger partial charge in [0.05, 0.1) is 7.11 Å². The Morgan fingerprint density at radius 1 is 1.33 bits per heavy atom. The van der Waals surface area contributed by atoms with Crippen LogP contribution in [-0.4, -0.2) is 22.7 Å². The van der Waals surface area contributed by atoms with E-state index in [1.165, 1.54) is 6.08 Å². The molecule has 4 nitrogen and oxygen atoms in total. The van der Waals surface area contributed by atoms with Gasteiger partial charge in [-0.05, 0) is 24.3 Å². The van der Waals surface area contributed by atoms with Crippen LogP contribution in [0, 0.1) is 0 Å². The van der Waals surface area contributed by atoms with Gasteiger partial charge in [-0.3, -0.25) is 9.48 Å². The number of aromatic nitrogens is 2. The van der Waals surface area contributed by atoms with Crippen molar-refractivity contribution in [2.45, 2.75) is 0 Å². The summed E-state index contributed by atoms with van der Waals surface area (Å²) in [5.41, 5.74) is 1.30. The Bertz CT molecular complexity index is 585. The Kier molecular flexibility index (Phi) is 3.57. The molecule has 1 aromatic heterocycles. The molecule has 0 bridgehead atoms. The van der Waals surface area contributed by atoms with Gasteiger partial charge in [0.15, 0.2) is 0 Å². The summed E-state index contributed by atoms with van der Waals surface area (Å²) in [6, 6.07) is 9.21. The maximum atomic E-state index is 11.8. The van der Waals surface area contributed by atoms with Gasteiger partial charge in [0.1, 0.15) is 11.4 Å². The minimum Gasteiger partial charge on any atom is -0.496 e. The molecular formula is C14H14N2O2. The number of carbonyl (C=O) groups excluding carboxylic acids is 1. The smallest absolute Gasteiger partial charge is 0.206 e. The van der Waals surface area contributed by atoms with Crippen molar-refractivity contribution in [3.05, 3.63) is 53.9 Å². The van der Waals surface area contributed by atoms with Gasteiger partial charge < -0.3 is 4.74 Å². The number of hydrogen-bond donors (Lipinski definition) is 0. The van der Waals surface area contributed by atoms with E-state index in [0.29, 0.717) is 5.69 Å². The van der Waals surface area contributed by atoms with Crippen LogP contribution in [0.3, 0.4) is 0 Å². The molecule has 0 aliphatic carbocycles. The quantitative estimate of drug-likeness (QED) is 0.610. The van der Waals surface area contributed by atoms with E-state index in [-0.39, 0.29) is 5.78 Å². The maximum Gasteiger partial charge on any atom is 0.206 e. The van der Waals surface area contributed by atoms with Gasteiger partial charge in [-0.25, -0.2) is 0 Å². The van der Waals surface area contributed by atoms with Gasteiger partial charge in [0, 0.05) is 18.8 Å². The maximum absolute atomic E-state index is 11.8. The third kappa shape index (κ3) is 2.66. The lowest BCUT2D eigenvalue weighted by atomic mass is 10.1. The molecule has 92 valence electrons. The number of methoxy groups -OCH3 is 1. The van der Waals surface area contributed by atoms with Crippen LogP contribution in [0.25, 0.3) is 6.08 Å². The molecule has 0 unspecified atom stereocenters. The minimum atomic E-state index is -0.124. The summed E-state index contributed by atoms with van der Waals surface area (Å²) < 4.78 is 6.81. The zero-order chi connectivity index (χ0) is 13.0. The highest BCUT2D eigenvalue weighted by Gasteiger charge is 2.05. The first-order valence-corrected chi connectivity index (χ1v) is 5.56. The topological polar surface area (TPSA) is 44.1 Å². The van der Waals surface area contributed by atoms with E-state index in [9.17, 15) is 4.79 Å². The summed E-state index contributed by atoms with van der Waals surface area (Å²) in [6.45, 7) is 0. The molecule has 4 heteroatoms. The predicted octanol–water partition coefficient (Wildman–Crippen LogP) is 2.32. The number of ketones is 1. The van der Waals surface area contributed by atoms with Gasteiger partial charge in [-0.15, -0.1) is 0 Å². The van der Waals surface area contributed by atoms with Crippen LogP contribution < -0.4 is 4.74 Å². The van der Waals surface area contributed by atoms with E-state index in [1.54, 1.807) is 37.2 Å². The zero-order valence-corrected chi connectivity index (χ0v) is 10.3. The van der Waals surface area contributed by atoms with Crippen molar-refractivity contribution < 1.29 is 9.53 Å². The standard InChI is InChI=1S/C14H14N2O2/c1-16-10-9-12(15-16)13(17)8-7-11-5-3-4-6-14(11)18-2/h3-10H,1-2H3/b8-7+. The molecule has 0 aliphatic heterocycles. The normalized spacial score (nSPS) is 10.8. The summed E-state index contributed by atoms with van der Waals surface area (Å²) in [7, 11) is 3.38. The van der Waals surface area contributed by atoms with Crippen LogP contribution in [0.4, 0.5) is 0 Å². The molecule has 0 amide bonds. The van der Waals surface area contributed by atoms with E-state index in [1.807, 2.05) is 24.3 Å². The number of ether oxygens (including phenoxy) is 1. The molecule has 0 saturated carbocycles. The molecule has 0 fully saturated rings. The minimum absolute atomic E-state index is 0.124. The Morgan fingerprint density at radius 2 is 2.11 bits per heavy atom. The molecule has 0 saturated heterocycles. The third-order valence-electron chi connectivity index (χ3n) is 2.52. The van der Waals surface area contributed by atoms with Crippen molar-refractivity contribution in [1.82, 2.24) is 9.78 Å². The molecule has 1 aromatic carbocycles. The van der Waals surface area contributed by atoms with Crippen molar-refractivity contribution >= 4 is 11.9 Å². The number of nitrogens with zero attached hydrogens (tertiary/aromatic N) is 2. The summed E-state index contributed by atoms with van der Waals surface area (Å²) >= 11 is 0. The van der Waals surface area contributed by atoms with E-state index < -0.39 is 0 Å². The third-order valence-corrected chi connectivity index (χ3v) is 2.52. The summed E-state index contributed by atoms with van der Waals surface area (Å²) in [4.78, 5) is 11.8. The number of rotatable bonds is 4. The highest BCUT2D eigenvalue weighted by Crippen LogP contribution is 2.18. The summed E-state index contributed by atoms with van der Waals surface area (Å²) in [5, 5.41) is 4.05. The lowest BCUT2D eigenvalue weighted by Crippen LogP contribution is -1.97. The molecule has 0 radical (unpaired) electrons. The van der Waals surface area contributed by atoms with Crippen molar-refractivity contribution in [2.24, 2.45) is 7.05 Å². The Morgan fingerprint density at radius 3 is 2.78 bits per heavy atom. The van der Waals surface area contributed by atoms with Crippen LogP contribution in [-0.2, 0) is 7.05 Å². The van der Waals surface area contributed by atoms with Crippen LogP contribution >= 0.6 is 0 Å². The van der Waals surface area contributed by atoms with Gasteiger partial charge in [-0.2, -0.15) is 5.10 Å². The number of carbonyl (C=O) groups is 1. The second-order valence-electron chi connectivity index (χ2n) is 3.81. The molecule has 18 heavy (non-hydrogen) atoms. The van der Waals surface area contributed by atoms with Crippen molar-refractivity contribution in [3.8, 4) is 5.75 Å². The van der Waals surface area contributed by atoms with E-state index >= 15 is 0 Å². The fourth-order valence-electron chi connectivity index (χ4n) is 1.60. The number of allylic oxidation sites excluding steroid dienone is 1. The molecule has 0 spiro atoms. The first kappa shape index (κ1) is 12.1. The Labute approximate surface area is 106 Å². The highest BCUT2D eigenvalue weighted by molar-refractivity contribution is 6.05. The average molecular weight is 242 g/mol. The van der Waals surface area contributed by atoms with Gasteiger partial charge in [0.2, 0.25) is 5.78 Å². The zero-order valence-electron chi connectivity index (χ0n) is 10.3. The predicted molar refractivity (Wildman–Crippen MR) is 69.6 cm³/mol. The largest absolute Gasteiger partial charge is 0.496 e. The molecule has 1 heterocycles. The number of benzene rings is 1. The van der Waals surface area contributed by atoms with Crippen LogP contribution in [0.5, 0.6) is 5.75 Å². The van der Waals surface area contributed by atoms with Crippen molar-refractivity contribution in [1.29, 1.82) is 0 Å². The van der Waals surface area contributed by atoms with Crippen molar-refractivity contribution in [2.75, 3.05) is 7.11 Å². The van der Waals surface area contributed by atoms with Gasteiger partial charge in [0.25, 0.3) is 0 Å². The van der Waals surface area contributed by atoms with Crippen LogP contribution in [0.1, 0.15) is 16.1 Å². The second-order valence-corrected chi connectivity index (χ2v) is 3.81. The lowest BCUT2D eigenvalue weighted by molar-refractivity contribution is 0.104. The first-order chi connectivity index (χ1) is 8.70. The van der Waals surface area contributed by atoms with Crippen LogP contribution in [0.2, 0.25) is 0 Å². The molecule has 0 N–H and O–H groups in total. The average Bonchev–Trinajstić information content (AvgIpc) is 2.83. The fourth-order valence-corrected chi connectivity index (χ4v) is 1.60. The molecule has 2 rings (SSSR count). The van der Waals surface area contributed by atoms with Gasteiger partial charge >= 0.3 is 0 Å². The molecule has 0 aliphatic rings. The molecule has 2 aromatic rings. The Balaban J connectivity index is 2.18. The Hall–Kier alpha value is -2.36. The number of hydrogen-bond acceptors (Lipinski definition) is 3.